The number of carbonyl (C=O) groups excluding carboxylic acids is 3. The third kappa shape index (κ3) is 4.95. The van der Waals surface area contributed by atoms with Crippen LogP contribution in [0.4, 0.5) is 5.00 Å². The van der Waals surface area contributed by atoms with Crippen LogP contribution in [0.15, 0.2) is 24.3 Å². The van der Waals surface area contributed by atoms with Crippen molar-refractivity contribution in [3.8, 4) is 5.75 Å². The fourth-order valence-corrected chi connectivity index (χ4v) is 4.70. The molecule has 1 atom stereocenters. The monoisotopic (exact) mass is 416 g/mol. The predicted molar refractivity (Wildman–Crippen MR) is 111 cm³/mol. The van der Waals surface area contributed by atoms with Gasteiger partial charge in [0.05, 0.1) is 12.2 Å². The Balaban J connectivity index is 1.70. The van der Waals surface area contributed by atoms with Gasteiger partial charge in [0.1, 0.15) is 10.8 Å². The summed E-state index contributed by atoms with van der Waals surface area (Å²) in [6.07, 6.45) is 2.71. The zero-order valence-corrected chi connectivity index (χ0v) is 17.3. The van der Waals surface area contributed by atoms with Crippen LogP contribution in [-0.4, -0.2) is 31.0 Å². The number of nitrogens with one attached hydrogen (secondary N) is 1. The van der Waals surface area contributed by atoms with Gasteiger partial charge in [-0.25, -0.2) is 4.79 Å². The molecule has 3 N–H and O–H groups in total. The number of amides is 2. The van der Waals surface area contributed by atoms with Crippen molar-refractivity contribution in [2.24, 2.45) is 11.7 Å². The van der Waals surface area contributed by atoms with E-state index in [1.165, 1.54) is 23.5 Å². The predicted octanol–water partition coefficient (Wildman–Crippen LogP) is 3.17. The lowest BCUT2D eigenvalue weighted by Crippen LogP contribution is -2.21. The Bertz CT molecular complexity index is 920. The van der Waals surface area contributed by atoms with Gasteiger partial charge in [-0.05, 0) is 61.9 Å². The molecule has 29 heavy (non-hydrogen) atoms. The number of primary amides is 1. The van der Waals surface area contributed by atoms with E-state index in [2.05, 4.69) is 12.2 Å². The smallest absolute Gasteiger partial charge is 0.341 e. The molecule has 2 aromatic rings. The maximum absolute atomic E-state index is 12.5. The van der Waals surface area contributed by atoms with E-state index in [1.54, 1.807) is 19.1 Å². The minimum absolute atomic E-state index is 0.225. The van der Waals surface area contributed by atoms with Crippen LogP contribution >= 0.6 is 11.3 Å². The van der Waals surface area contributed by atoms with E-state index in [4.69, 9.17) is 15.2 Å². The van der Waals surface area contributed by atoms with Crippen molar-refractivity contribution in [2.75, 3.05) is 18.5 Å². The minimum atomic E-state index is -0.531. The Hall–Kier alpha value is -2.87. The number of hydrogen-bond donors (Lipinski definition) is 2. The van der Waals surface area contributed by atoms with E-state index in [0.717, 1.165) is 29.7 Å². The number of fused-ring (bicyclic) bond motifs is 1. The molecule has 7 nitrogen and oxygen atoms in total. The third-order valence-electron chi connectivity index (χ3n) is 4.75. The molecule has 154 valence electrons. The number of thiophene rings is 1. The molecule has 0 saturated heterocycles. The Morgan fingerprint density at radius 1 is 1.24 bits per heavy atom. The van der Waals surface area contributed by atoms with Gasteiger partial charge in [0, 0.05) is 10.4 Å². The highest BCUT2D eigenvalue weighted by Gasteiger charge is 2.29. The molecule has 0 spiro atoms. The van der Waals surface area contributed by atoms with Crippen molar-refractivity contribution in [2.45, 2.75) is 33.1 Å². The first-order valence-corrected chi connectivity index (χ1v) is 10.3. The van der Waals surface area contributed by atoms with Gasteiger partial charge < -0.3 is 20.5 Å². The van der Waals surface area contributed by atoms with Gasteiger partial charge in [-0.1, -0.05) is 6.92 Å². The molecule has 2 amide bonds. The quantitative estimate of drug-likeness (QED) is 0.674. The zero-order valence-electron chi connectivity index (χ0n) is 16.4. The van der Waals surface area contributed by atoms with Crippen molar-refractivity contribution in [3.63, 3.8) is 0 Å². The molecule has 1 aliphatic carbocycles. The highest BCUT2D eigenvalue weighted by atomic mass is 32.1. The molecule has 1 aromatic carbocycles. The largest absolute Gasteiger partial charge is 0.484 e. The van der Waals surface area contributed by atoms with E-state index in [0.29, 0.717) is 27.8 Å². The van der Waals surface area contributed by atoms with Gasteiger partial charge in [-0.15, -0.1) is 11.3 Å². The topological polar surface area (TPSA) is 108 Å². The van der Waals surface area contributed by atoms with Crippen molar-refractivity contribution >= 4 is 34.1 Å². The molecule has 0 fully saturated rings. The lowest BCUT2D eigenvalue weighted by Gasteiger charge is -2.18. The lowest BCUT2D eigenvalue weighted by molar-refractivity contribution is -0.118. The van der Waals surface area contributed by atoms with Gasteiger partial charge in [-0.3, -0.25) is 9.59 Å². The average molecular weight is 416 g/mol. The van der Waals surface area contributed by atoms with E-state index < -0.39 is 11.9 Å². The number of benzene rings is 1. The second kappa shape index (κ2) is 9.09. The maximum atomic E-state index is 12.5. The van der Waals surface area contributed by atoms with Crippen LogP contribution in [0, 0.1) is 5.92 Å². The van der Waals surface area contributed by atoms with Crippen molar-refractivity contribution in [1.82, 2.24) is 0 Å². The van der Waals surface area contributed by atoms with Gasteiger partial charge in [-0.2, -0.15) is 0 Å². The summed E-state index contributed by atoms with van der Waals surface area (Å²) in [6, 6.07) is 6.21. The molecule has 0 aliphatic heterocycles. The molecule has 0 bridgehead atoms. The van der Waals surface area contributed by atoms with E-state index in [-0.39, 0.29) is 19.1 Å². The summed E-state index contributed by atoms with van der Waals surface area (Å²) >= 11 is 1.44. The third-order valence-corrected chi connectivity index (χ3v) is 5.92. The summed E-state index contributed by atoms with van der Waals surface area (Å²) in [5.41, 5.74) is 7.02. The summed E-state index contributed by atoms with van der Waals surface area (Å²) in [7, 11) is 0. The van der Waals surface area contributed by atoms with E-state index >= 15 is 0 Å². The zero-order chi connectivity index (χ0) is 21.0. The highest BCUT2D eigenvalue weighted by molar-refractivity contribution is 7.17. The van der Waals surface area contributed by atoms with Crippen LogP contribution in [0.3, 0.4) is 0 Å². The van der Waals surface area contributed by atoms with Crippen molar-refractivity contribution in [1.29, 1.82) is 0 Å². The van der Waals surface area contributed by atoms with Crippen LogP contribution in [0.2, 0.25) is 0 Å². The van der Waals surface area contributed by atoms with Crippen LogP contribution in [-0.2, 0) is 22.4 Å². The average Bonchev–Trinajstić information content (AvgIpc) is 3.03. The van der Waals surface area contributed by atoms with Gasteiger partial charge >= 0.3 is 5.97 Å². The number of carbonyl (C=O) groups is 3. The molecular formula is C21H24N2O5S. The molecule has 8 heteroatoms. The molecule has 0 saturated carbocycles. The Labute approximate surface area is 173 Å². The van der Waals surface area contributed by atoms with Gasteiger partial charge in [0.25, 0.3) is 5.91 Å². The normalized spacial score (nSPS) is 15.3. The molecular weight excluding hydrogens is 392 g/mol. The number of ether oxygens (including phenoxy) is 2. The van der Waals surface area contributed by atoms with Crippen molar-refractivity contribution in [3.05, 3.63) is 45.8 Å². The number of anilines is 1. The van der Waals surface area contributed by atoms with Gasteiger partial charge in [0.15, 0.2) is 6.61 Å². The second-order valence-corrected chi connectivity index (χ2v) is 8.11. The second-order valence-electron chi connectivity index (χ2n) is 7.00. The Morgan fingerprint density at radius 2 is 1.97 bits per heavy atom. The van der Waals surface area contributed by atoms with Crippen molar-refractivity contribution < 1.29 is 23.9 Å². The molecule has 1 unspecified atom stereocenters. The summed E-state index contributed by atoms with van der Waals surface area (Å²) in [4.78, 5) is 37.1. The lowest BCUT2D eigenvalue weighted by atomic mass is 9.88. The summed E-state index contributed by atoms with van der Waals surface area (Å²) in [6.45, 7) is 3.99. The fraction of sp³-hybridized carbons (Fsp3) is 0.381. The summed E-state index contributed by atoms with van der Waals surface area (Å²) in [5.74, 6) is -0.322. The molecule has 0 radical (unpaired) electrons. The Kier molecular flexibility index (Phi) is 6.53. The SMILES string of the molecule is CCOC(=O)c1c(NC(=O)COc2ccc(C(N)=O)cc2)sc2c1CCC(C)C2. The Morgan fingerprint density at radius 3 is 2.62 bits per heavy atom. The van der Waals surface area contributed by atoms with E-state index in [9.17, 15) is 14.4 Å². The minimum Gasteiger partial charge on any atom is -0.484 e. The summed E-state index contributed by atoms with van der Waals surface area (Å²) < 4.78 is 10.7. The van der Waals surface area contributed by atoms with Crippen LogP contribution in [0.25, 0.3) is 0 Å². The molecule has 1 aliphatic rings. The van der Waals surface area contributed by atoms with Gasteiger partial charge in [0.2, 0.25) is 5.91 Å². The molecule has 1 heterocycles. The standard InChI is InChI=1S/C21H24N2O5S/c1-3-27-21(26)18-15-9-4-12(2)10-16(15)29-20(18)23-17(24)11-28-14-7-5-13(6-8-14)19(22)25/h5-8,12H,3-4,9-11H2,1-2H3,(H2,22,25)(H,23,24). The van der Waals surface area contributed by atoms with Crippen LogP contribution < -0.4 is 15.8 Å². The summed E-state index contributed by atoms with van der Waals surface area (Å²) in [5, 5.41) is 3.32. The number of rotatable bonds is 7. The van der Waals surface area contributed by atoms with E-state index in [1.807, 2.05) is 0 Å². The first kappa shape index (κ1) is 20.9. The first-order chi connectivity index (χ1) is 13.9. The number of esters is 1. The molecule has 3 rings (SSSR count). The molecule has 1 aromatic heterocycles. The highest BCUT2D eigenvalue weighted by Crippen LogP contribution is 2.40. The number of hydrogen-bond acceptors (Lipinski definition) is 6. The fourth-order valence-electron chi connectivity index (χ4n) is 3.29. The first-order valence-electron chi connectivity index (χ1n) is 9.53. The van der Waals surface area contributed by atoms with Crippen LogP contribution in [0.1, 0.15) is 51.4 Å². The maximum Gasteiger partial charge on any atom is 0.341 e. The number of nitrogens with two attached hydrogens (primary N) is 1. The van der Waals surface area contributed by atoms with Crippen LogP contribution in [0.5, 0.6) is 5.75 Å².